The molecule has 0 aliphatic carbocycles. The average Bonchev–Trinajstić information content (AvgIpc) is 1.80. The first-order valence-electron chi connectivity index (χ1n) is 3.09. The highest BCUT2D eigenvalue weighted by molar-refractivity contribution is 7.45. The van der Waals surface area contributed by atoms with Crippen LogP contribution in [0.15, 0.2) is 0 Å². The summed E-state index contributed by atoms with van der Waals surface area (Å²) in [5.74, 6) is -1.23. The molecule has 0 atom stereocenters. The molecule has 0 heterocycles. The number of rotatable bonds is 2. The second kappa shape index (κ2) is 22.8. The number of nitrogens with one attached hydrogen (secondary N) is 1. The van der Waals surface area contributed by atoms with E-state index in [1.807, 2.05) is 0 Å². The van der Waals surface area contributed by atoms with Crippen molar-refractivity contribution in [1.82, 2.24) is 4.90 Å². The second-order valence-corrected chi connectivity index (χ2v) is 3.17. The van der Waals surface area contributed by atoms with Crippen LogP contribution in [-0.4, -0.2) is 83.1 Å². The van der Waals surface area contributed by atoms with Crippen LogP contribution < -0.4 is 5.73 Å². The van der Waals surface area contributed by atoms with Crippen LogP contribution in [0.1, 0.15) is 0 Å². The molecule has 15 nitrogen and oxygen atoms in total. The Balaban J connectivity index is -0.0000000199. The van der Waals surface area contributed by atoms with Gasteiger partial charge >= 0.3 is 13.8 Å². The fourth-order valence-corrected chi connectivity index (χ4v) is 0.288. The summed E-state index contributed by atoms with van der Waals surface area (Å²) in [5.41, 5.74) is 4.93. The van der Waals surface area contributed by atoms with Crippen LogP contribution in [-0.2, 0) is 9.36 Å². The summed E-state index contributed by atoms with van der Waals surface area (Å²) in [6.07, 6.45) is 0. The summed E-state index contributed by atoms with van der Waals surface area (Å²) in [5, 5.41) is 14.9. The fourth-order valence-electron chi connectivity index (χ4n) is 0.288. The molecule has 0 amide bonds. The molecule has 0 rings (SSSR count). The minimum Gasteiger partial charge on any atom is -0.480 e. The Morgan fingerprint density at radius 3 is 1.35 bits per heavy atom. The number of hydrogen-bond acceptors (Lipinski definition) is 3. The van der Waals surface area contributed by atoms with Gasteiger partial charge in [0, 0.05) is 7.05 Å². The monoisotopic (exact) mass is 337 g/mol. The Kier molecular flexibility index (Phi) is 58.3. The molecule has 0 fully saturated rings. The number of carboxylic acid groups (broad SMARTS) is 1. The van der Waals surface area contributed by atoms with Crippen molar-refractivity contribution in [3.05, 3.63) is 0 Å². The first kappa shape index (κ1) is 51.3. The van der Waals surface area contributed by atoms with Crippen LogP contribution in [0.4, 0.5) is 0 Å². The normalized spacial score (nSPS) is 6.80. The molecule has 0 saturated carbocycles. The molecular weight excluding hydrogens is 313 g/mol. The third-order valence-corrected chi connectivity index (χ3v) is 0.784. The molecule has 0 saturated heterocycles. The summed E-state index contributed by atoms with van der Waals surface area (Å²) in [6, 6.07) is 0. The number of nitrogens with zero attached hydrogens (tertiary/aromatic N) is 1. The second-order valence-electron chi connectivity index (χ2n) is 2.15. The molecule has 0 aromatic rings. The van der Waals surface area contributed by atoms with Gasteiger partial charge < -0.3 is 63.3 Å². The van der Waals surface area contributed by atoms with Crippen molar-refractivity contribution in [1.29, 1.82) is 5.41 Å². The van der Waals surface area contributed by atoms with Crippen molar-refractivity contribution < 1.29 is 62.0 Å². The molecular formula is C4H24N3O12P. The zero-order valence-corrected chi connectivity index (χ0v) is 11.2. The average molecular weight is 337 g/mol. The maximum atomic E-state index is 9.92. The molecule has 0 aromatic heterocycles. The third kappa shape index (κ3) is 92.6. The lowest BCUT2D eigenvalue weighted by Gasteiger charge is -2.12. The third-order valence-electron chi connectivity index (χ3n) is 0.784. The predicted octanol–water partition coefficient (Wildman–Crippen LogP) is -6.98. The van der Waals surface area contributed by atoms with Gasteiger partial charge in [0.1, 0.15) is 6.54 Å². The van der Waals surface area contributed by atoms with E-state index in [1.165, 1.54) is 7.05 Å². The minimum atomic E-state index is -4.64. The lowest BCUT2D eigenvalue weighted by atomic mass is 10.6. The standard InChI is InChI=1S/C4H9N3O2.H3O4P.6H2O/c1-7(4(5)6)2-3(8)9;1-5(2,3)4;;;;;;/h2H2,1H3,(H3,5,6)(H,8,9);(H3,1,2,3,4);6*1H2. The Morgan fingerprint density at radius 2 is 1.30 bits per heavy atom. The quantitative estimate of drug-likeness (QED) is 0.159. The topological polar surface area (TPSA) is 357 Å². The van der Waals surface area contributed by atoms with E-state index in [1.54, 1.807) is 0 Å². The van der Waals surface area contributed by atoms with Gasteiger partial charge in [-0.05, 0) is 0 Å². The number of hydrogen-bond donors (Lipinski definition) is 6. The maximum Gasteiger partial charge on any atom is 0.466 e. The SMILES string of the molecule is CN(CC(=O)O)C(=N)N.O.O.O.O.O.O.O=P(O)(O)O. The van der Waals surface area contributed by atoms with E-state index in [0.29, 0.717) is 0 Å². The number of guanidine groups is 1. The van der Waals surface area contributed by atoms with Crippen molar-refractivity contribution in [3.8, 4) is 0 Å². The van der Waals surface area contributed by atoms with Crippen LogP contribution in [0.2, 0.25) is 0 Å². The lowest BCUT2D eigenvalue weighted by molar-refractivity contribution is -0.137. The van der Waals surface area contributed by atoms with Crippen molar-refractivity contribution in [3.63, 3.8) is 0 Å². The number of likely N-dealkylation sites (N-methyl/N-ethyl adjacent to an activating group) is 1. The number of nitrogens with two attached hydrogens (primary N) is 1. The Labute approximate surface area is 112 Å². The van der Waals surface area contributed by atoms with Gasteiger partial charge in [-0.2, -0.15) is 0 Å². The Bertz CT molecular complexity index is 247. The van der Waals surface area contributed by atoms with E-state index < -0.39 is 13.8 Å². The predicted molar refractivity (Wildman–Crippen MR) is 68.1 cm³/mol. The summed E-state index contributed by atoms with van der Waals surface area (Å²) in [6.45, 7) is -0.227. The van der Waals surface area contributed by atoms with E-state index in [0.717, 1.165) is 4.90 Å². The minimum absolute atomic E-state index is 0. The fraction of sp³-hybridized carbons (Fsp3) is 0.500. The molecule has 0 aliphatic rings. The molecule has 16 heteroatoms. The summed E-state index contributed by atoms with van der Waals surface area (Å²) in [4.78, 5) is 32.6. The van der Waals surface area contributed by atoms with E-state index in [2.05, 4.69) is 0 Å². The molecule has 0 spiro atoms. The van der Waals surface area contributed by atoms with Crippen LogP contribution in [0.5, 0.6) is 0 Å². The first-order chi connectivity index (χ1) is 6.04. The van der Waals surface area contributed by atoms with Crippen LogP contribution >= 0.6 is 7.82 Å². The summed E-state index contributed by atoms with van der Waals surface area (Å²) >= 11 is 0. The van der Waals surface area contributed by atoms with Crippen molar-refractivity contribution in [2.45, 2.75) is 0 Å². The molecule has 20 heavy (non-hydrogen) atoms. The zero-order chi connectivity index (χ0) is 11.9. The highest BCUT2D eigenvalue weighted by Crippen LogP contribution is 2.25. The van der Waals surface area contributed by atoms with Gasteiger partial charge in [0.05, 0.1) is 0 Å². The van der Waals surface area contributed by atoms with Gasteiger partial charge in [0.15, 0.2) is 5.96 Å². The molecule has 0 bridgehead atoms. The van der Waals surface area contributed by atoms with E-state index >= 15 is 0 Å². The number of carbonyl (C=O) groups is 1. The highest BCUT2D eigenvalue weighted by Gasteiger charge is 2.03. The van der Waals surface area contributed by atoms with Crippen LogP contribution in [0.3, 0.4) is 0 Å². The van der Waals surface area contributed by atoms with Gasteiger partial charge in [-0.25, -0.2) is 4.57 Å². The van der Waals surface area contributed by atoms with Crippen molar-refractivity contribution in [2.24, 2.45) is 5.73 Å². The number of carboxylic acids is 1. The van der Waals surface area contributed by atoms with E-state index in [4.69, 9.17) is 35.5 Å². The van der Waals surface area contributed by atoms with Crippen LogP contribution in [0.25, 0.3) is 0 Å². The smallest absolute Gasteiger partial charge is 0.466 e. The zero-order valence-electron chi connectivity index (χ0n) is 10.3. The van der Waals surface area contributed by atoms with Crippen molar-refractivity contribution in [2.75, 3.05) is 13.6 Å². The molecule has 132 valence electrons. The van der Waals surface area contributed by atoms with E-state index in [9.17, 15) is 4.79 Å². The number of aliphatic carboxylic acids is 1. The van der Waals surface area contributed by atoms with Gasteiger partial charge in [-0.3, -0.25) is 10.2 Å². The lowest BCUT2D eigenvalue weighted by Crippen LogP contribution is -2.36. The highest BCUT2D eigenvalue weighted by atomic mass is 31.2. The van der Waals surface area contributed by atoms with Gasteiger partial charge in [0.2, 0.25) is 0 Å². The molecule has 0 aliphatic heterocycles. The van der Waals surface area contributed by atoms with Crippen LogP contribution in [0, 0.1) is 5.41 Å². The first-order valence-corrected chi connectivity index (χ1v) is 4.65. The van der Waals surface area contributed by atoms with Crippen molar-refractivity contribution >= 4 is 19.8 Å². The number of phosphoric acid groups is 1. The van der Waals surface area contributed by atoms with Gasteiger partial charge in [-0.1, -0.05) is 0 Å². The van der Waals surface area contributed by atoms with Gasteiger partial charge in [0.25, 0.3) is 0 Å². The molecule has 0 aromatic carbocycles. The summed E-state index contributed by atoms with van der Waals surface area (Å²) in [7, 11) is -3.20. The molecule has 0 unspecified atom stereocenters. The van der Waals surface area contributed by atoms with Gasteiger partial charge in [-0.15, -0.1) is 0 Å². The maximum absolute atomic E-state index is 9.92. The Morgan fingerprint density at radius 1 is 1.10 bits per heavy atom. The molecule has 19 N–H and O–H groups in total. The largest absolute Gasteiger partial charge is 0.480 e. The van der Waals surface area contributed by atoms with E-state index in [-0.39, 0.29) is 45.4 Å². The Hall–Kier alpha value is -1.39. The summed E-state index contributed by atoms with van der Waals surface area (Å²) < 4.78 is 8.88. The molecule has 0 radical (unpaired) electrons.